The van der Waals surface area contributed by atoms with Crippen molar-refractivity contribution in [2.75, 3.05) is 13.2 Å². The van der Waals surface area contributed by atoms with Crippen molar-refractivity contribution in [2.45, 2.75) is 57.2 Å². The van der Waals surface area contributed by atoms with Crippen molar-refractivity contribution in [1.29, 1.82) is 0 Å². The first-order chi connectivity index (χ1) is 13.0. The molecule has 0 aliphatic carbocycles. The summed E-state index contributed by atoms with van der Waals surface area (Å²) in [4.78, 5) is 22.3. The van der Waals surface area contributed by atoms with Crippen LogP contribution in [0.1, 0.15) is 26.7 Å². The van der Waals surface area contributed by atoms with Gasteiger partial charge in [-0.1, -0.05) is 25.2 Å². The van der Waals surface area contributed by atoms with E-state index in [2.05, 4.69) is 0 Å². The van der Waals surface area contributed by atoms with Crippen molar-refractivity contribution >= 4 is 11.9 Å². The number of esters is 1. The molecule has 0 aromatic heterocycles. The summed E-state index contributed by atoms with van der Waals surface area (Å²) < 4.78 is 4.80. The summed E-state index contributed by atoms with van der Waals surface area (Å²) >= 11 is 0. The first kappa shape index (κ1) is 26.2. The van der Waals surface area contributed by atoms with E-state index in [0.717, 1.165) is 0 Å². The average molecular weight is 406 g/mol. The van der Waals surface area contributed by atoms with Crippen LogP contribution in [0.25, 0.3) is 0 Å². The molecule has 0 radical (unpaired) electrons. The zero-order valence-corrected chi connectivity index (χ0v) is 15.9. The number of allylic oxidation sites excluding steroid dienone is 3. The van der Waals surface area contributed by atoms with Crippen LogP contribution in [0.2, 0.25) is 0 Å². The van der Waals surface area contributed by atoms with Gasteiger partial charge in [-0.3, -0.25) is 4.79 Å². The summed E-state index contributed by atoms with van der Waals surface area (Å²) in [5.74, 6) is -2.16. The van der Waals surface area contributed by atoms with Gasteiger partial charge in [-0.05, 0) is 19.3 Å². The molecule has 0 aliphatic heterocycles. The second-order valence-corrected chi connectivity index (χ2v) is 6.55. The Morgan fingerprint density at radius 2 is 1.57 bits per heavy atom. The van der Waals surface area contributed by atoms with Gasteiger partial charge >= 0.3 is 11.9 Å². The normalized spacial score (nSPS) is 18.9. The molecule has 0 heterocycles. The number of carbonyl (C=O) groups excluding carboxylic acids is 1. The lowest BCUT2D eigenvalue weighted by Crippen LogP contribution is -2.47. The van der Waals surface area contributed by atoms with Crippen LogP contribution in [-0.4, -0.2) is 91.4 Å². The van der Waals surface area contributed by atoms with Crippen LogP contribution in [0.15, 0.2) is 23.8 Å². The summed E-state index contributed by atoms with van der Waals surface area (Å²) in [7, 11) is 0. The fourth-order valence-corrected chi connectivity index (χ4v) is 2.05. The maximum Gasteiger partial charge on any atom is 0.333 e. The molecule has 0 bridgehead atoms. The van der Waals surface area contributed by atoms with E-state index in [4.69, 9.17) is 14.9 Å². The van der Waals surface area contributed by atoms with Gasteiger partial charge in [-0.25, -0.2) is 4.79 Å². The monoisotopic (exact) mass is 406 g/mol. The molecule has 0 aliphatic rings. The molecule has 0 amide bonds. The number of ether oxygens (including phenoxy) is 1. The van der Waals surface area contributed by atoms with E-state index in [1.165, 1.54) is 19.1 Å². The Balaban J connectivity index is 4.45. The fourth-order valence-electron chi connectivity index (χ4n) is 2.05. The van der Waals surface area contributed by atoms with Crippen LogP contribution in [0.3, 0.4) is 0 Å². The van der Waals surface area contributed by atoms with Gasteiger partial charge in [0.25, 0.3) is 0 Å². The maximum atomic E-state index is 11.8. The third-order valence-electron chi connectivity index (χ3n) is 4.06. The SMILES string of the molecule is C/C(=C\C=C\C[C@H](C)[C@H](O)CC(=O)O)C(=O)OC[C@H](O)[C@H](O)[C@H](O)[C@H](O)CO. The van der Waals surface area contributed by atoms with Gasteiger partial charge in [-0.2, -0.15) is 0 Å². The van der Waals surface area contributed by atoms with E-state index in [1.807, 2.05) is 0 Å². The number of hydrogen-bond donors (Lipinski definition) is 7. The van der Waals surface area contributed by atoms with Gasteiger partial charge in [0.05, 0.1) is 19.1 Å². The van der Waals surface area contributed by atoms with Gasteiger partial charge in [0, 0.05) is 5.57 Å². The minimum atomic E-state index is -1.82. The molecule has 10 nitrogen and oxygen atoms in total. The van der Waals surface area contributed by atoms with Crippen molar-refractivity contribution in [2.24, 2.45) is 5.92 Å². The minimum Gasteiger partial charge on any atom is -0.481 e. The largest absolute Gasteiger partial charge is 0.481 e. The summed E-state index contributed by atoms with van der Waals surface area (Å²) in [6.45, 7) is 1.69. The van der Waals surface area contributed by atoms with E-state index in [-0.39, 0.29) is 17.9 Å². The van der Waals surface area contributed by atoms with Crippen LogP contribution in [0.5, 0.6) is 0 Å². The number of aliphatic carboxylic acids is 1. The molecule has 0 aromatic carbocycles. The Kier molecular flexibility index (Phi) is 12.5. The van der Waals surface area contributed by atoms with Gasteiger partial charge in [0.15, 0.2) is 0 Å². The molecule has 0 fully saturated rings. The highest BCUT2D eigenvalue weighted by Gasteiger charge is 2.30. The van der Waals surface area contributed by atoms with E-state index in [9.17, 15) is 35.1 Å². The van der Waals surface area contributed by atoms with E-state index in [0.29, 0.717) is 6.42 Å². The zero-order valence-electron chi connectivity index (χ0n) is 15.9. The topological polar surface area (TPSA) is 185 Å². The van der Waals surface area contributed by atoms with Crippen LogP contribution in [0.4, 0.5) is 0 Å². The molecule has 0 aromatic rings. The van der Waals surface area contributed by atoms with Crippen LogP contribution in [0, 0.1) is 5.92 Å². The molecule has 10 heteroatoms. The van der Waals surface area contributed by atoms with Crippen molar-refractivity contribution in [3.8, 4) is 0 Å². The predicted octanol–water partition coefficient (Wildman–Crippen LogP) is -1.67. The lowest BCUT2D eigenvalue weighted by atomic mass is 9.98. The highest BCUT2D eigenvalue weighted by molar-refractivity contribution is 5.88. The molecule has 28 heavy (non-hydrogen) atoms. The maximum absolute atomic E-state index is 11.8. The smallest absolute Gasteiger partial charge is 0.333 e. The molecule has 7 N–H and O–H groups in total. The highest BCUT2D eigenvalue weighted by atomic mass is 16.5. The minimum absolute atomic E-state index is 0.174. The van der Waals surface area contributed by atoms with Gasteiger partial charge in [0.2, 0.25) is 0 Å². The van der Waals surface area contributed by atoms with Crippen LogP contribution >= 0.6 is 0 Å². The molecule has 0 spiro atoms. The second-order valence-electron chi connectivity index (χ2n) is 6.55. The lowest BCUT2D eigenvalue weighted by Gasteiger charge is -2.25. The molecule has 6 atom stereocenters. The van der Waals surface area contributed by atoms with Gasteiger partial charge < -0.3 is 40.5 Å². The third-order valence-corrected chi connectivity index (χ3v) is 4.06. The summed E-state index contributed by atoms with van der Waals surface area (Å²) in [5.41, 5.74) is 0.174. The number of rotatable bonds is 13. The Morgan fingerprint density at radius 1 is 1.00 bits per heavy atom. The summed E-state index contributed by atoms with van der Waals surface area (Å²) in [6, 6.07) is 0. The molecule has 0 saturated carbocycles. The number of hydrogen-bond acceptors (Lipinski definition) is 9. The first-order valence-corrected chi connectivity index (χ1v) is 8.74. The molecular weight excluding hydrogens is 376 g/mol. The zero-order chi connectivity index (χ0) is 21.9. The van der Waals surface area contributed by atoms with Crippen LogP contribution in [-0.2, 0) is 14.3 Å². The number of carboxylic acid groups (broad SMARTS) is 1. The Bertz CT molecular complexity index is 544. The number of carboxylic acids is 1. The Hall–Kier alpha value is -1.82. The number of carbonyl (C=O) groups is 2. The van der Waals surface area contributed by atoms with Gasteiger partial charge in [-0.15, -0.1) is 0 Å². The van der Waals surface area contributed by atoms with Crippen molar-refractivity contribution in [3.63, 3.8) is 0 Å². The summed E-state index contributed by atoms with van der Waals surface area (Å²) in [5, 5.41) is 64.9. The molecule has 0 unspecified atom stereocenters. The first-order valence-electron chi connectivity index (χ1n) is 8.74. The summed E-state index contributed by atoms with van der Waals surface area (Å²) in [6.07, 6.45) is -3.28. The fraction of sp³-hybridized carbons (Fsp3) is 0.667. The van der Waals surface area contributed by atoms with Crippen molar-refractivity contribution in [3.05, 3.63) is 23.8 Å². The number of aliphatic hydroxyl groups excluding tert-OH is 6. The van der Waals surface area contributed by atoms with Crippen LogP contribution < -0.4 is 0 Å². The van der Waals surface area contributed by atoms with Crippen molar-refractivity contribution in [1.82, 2.24) is 0 Å². The Morgan fingerprint density at radius 3 is 2.11 bits per heavy atom. The standard InChI is InChI=1S/C18H30O10/c1-10(12(20)7-15(23)24)5-3-4-6-11(2)18(27)28-9-14(22)17(26)16(25)13(21)8-19/h3-4,6,10,12-14,16-17,19-22,25-26H,5,7-9H2,1-2H3,(H,23,24)/b4-3+,11-6+/t10-,12+,13+,14-,16+,17-/m0/s1. The number of aliphatic hydroxyl groups is 6. The lowest BCUT2D eigenvalue weighted by molar-refractivity contribution is -0.152. The van der Waals surface area contributed by atoms with E-state index >= 15 is 0 Å². The highest BCUT2D eigenvalue weighted by Crippen LogP contribution is 2.12. The molecular formula is C18H30O10. The molecule has 0 saturated heterocycles. The predicted molar refractivity (Wildman–Crippen MR) is 97.0 cm³/mol. The molecule has 162 valence electrons. The second kappa shape index (κ2) is 13.4. The van der Waals surface area contributed by atoms with E-state index < -0.39 is 55.7 Å². The average Bonchev–Trinajstić information content (AvgIpc) is 2.65. The quantitative estimate of drug-likeness (QED) is 0.106. The Labute approximate surface area is 163 Å². The third kappa shape index (κ3) is 9.93. The molecule has 0 rings (SSSR count). The van der Waals surface area contributed by atoms with Gasteiger partial charge in [0.1, 0.15) is 31.0 Å². The van der Waals surface area contributed by atoms with Crippen molar-refractivity contribution < 1.29 is 50.1 Å². The van der Waals surface area contributed by atoms with E-state index in [1.54, 1.807) is 13.0 Å².